The zero-order valence-electron chi connectivity index (χ0n) is 16.9. The van der Waals surface area contributed by atoms with E-state index in [9.17, 15) is 13.2 Å². The van der Waals surface area contributed by atoms with Crippen molar-refractivity contribution in [1.29, 1.82) is 0 Å². The SMILES string of the molecule is CS(=O)(=O)N1[C@@H]2CC[C@H]1CC(OC1CCN(C(=O)COc3ccccc3)CC1)C2. The van der Waals surface area contributed by atoms with Crippen molar-refractivity contribution in [2.24, 2.45) is 0 Å². The van der Waals surface area contributed by atoms with Crippen LogP contribution in [0, 0.1) is 0 Å². The van der Waals surface area contributed by atoms with Crippen molar-refractivity contribution in [1.82, 2.24) is 9.21 Å². The number of benzene rings is 1. The number of fused-ring (bicyclic) bond motifs is 2. The molecule has 1 aromatic rings. The largest absolute Gasteiger partial charge is 0.484 e. The Morgan fingerprint density at radius 1 is 1.00 bits per heavy atom. The Kier molecular flexibility index (Phi) is 6.13. The lowest BCUT2D eigenvalue weighted by molar-refractivity contribution is -0.137. The molecule has 3 aliphatic rings. The van der Waals surface area contributed by atoms with Gasteiger partial charge in [-0.2, -0.15) is 4.31 Å². The number of para-hydroxylation sites is 1. The van der Waals surface area contributed by atoms with E-state index in [1.165, 1.54) is 6.26 Å². The Bertz CT molecular complexity index is 794. The van der Waals surface area contributed by atoms with E-state index in [2.05, 4.69) is 0 Å². The molecule has 4 rings (SSSR count). The maximum atomic E-state index is 12.4. The second-order valence-electron chi connectivity index (χ2n) is 8.39. The molecule has 3 saturated heterocycles. The standard InChI is InChI=1S/C21H30N2O5S/c1-29(25,26)23-16-7-8-17(23)14-20(13-16)28-19-9-11-22(12-10-19)21(24)15-27-18-5-3-2-4-6-18/h2-6,16-17,19-20H,7-15H2,1H3/t16-,17+,20?. The number of nitrogens with zero attached hydrogens (tertiary/aromatic N) is 2. The smallest absolute Gasteiger partial charge is 0.260 e. The number of carbonyl (C=O) groups is 1. The van der Waals surface area contributed by atoms with Crippen LogP contribution in [0.5, 0.6) is 5.75 Å². The molecule has 1 aromatic carbocycles. The summed E-state index contributed by atoms with van der Waals surface area (Å²) in [6.07, 6.45) is 6.66. The molecule has 0 aliphatic carbocycles. The molecule has 8 heteroatoms. The molecule has 3 aliphatic heterocycles. The minimum atomic E-state index is -3.14. The van der Waals surface area contributed by atoms with Gasteiger partial charge in [0.25, 0.3) is 5.91 Å². The van der Waals surface area contributed by atoms with Gasteiger partial charge in [0, 0.05) is 25.2 Å². The summed E-state index contributed by atoms with van der Waals surface area (Å²) in [6, 6.07) is 9.54. The summed E-state index contributed by atoms with van der Waals surface area (Å²) in [4.78, 5) is 14.2. The summed E-state index contributed by atoms with van der Waals surface area (Å²) in [7, 11) is -3.14. The number of likely N-dealkylation sites (tertiary alicyclic amines) is 1. The number of hydrogen-bond donors (Lipinski definition) is 0. The zero-order valence-corrected chi connectivity index (χ0v) is 17.7. The molecular formula is C21H30N2O5S. The lowest BCUT2D eigenvalue weighted by Crippen LogP contribution is -2.49. The van der Waals surface area contributed by atoms with Crippen molar-refractivity contribution in [2.45, 2.75) is 62.8 Å². The van der Waals surface area contributed by atoms with Crippen LogP contribution in [0.15, 0.2) is 30.3 Å². The number of sulfonamides is 1. The van der Waals surface area contributed by atoms with Crippen LogP contribution in [0.1, 0.15) is 38.5 Å². The Hall–Kier alpha value is -1.64. The van der Waals surface area contributed by atoms with Gasteiger partial charge >= 0.3 is 0 Å². The summed E-state index contributed by atoms with van der Waals surface area (Å²) in [5.41, 5.74) is 0. The maximum Gasteiger partial charge on any atom is 0.260 e. The number of rotatable bonds is 6. The molecule has 29 heavy (non-hydrogen) atoms. The second kappa shape index (κ2) is 8.62. The second-order valence-corrected chi connectivity index (χ2v) is 10.3. The van der Waals surface area contributed by atoms with Crippen LogP contribution >= 0.6 is 0 Å². The van der Waals surface area contributed by atoms with E-state index >= 15 is 0 Å². The summed E-state index contributed by atoms with van der Waals surface area (Å²) >= 11 is 0. The first kappa shape index (κ1) is 20.6. The van der Waals surface area contributed by atoms with Crippen molar-refractivity contribution in [3.05, 3.63) is 30.3 Å². The maximum absolute atomic E-state index is 12.4. The van der Waals surface area contributed by atoms with E-state index in [-0.39, 0.29) is 36.8 Å². The first-order valence-corrected chi connectivity index (χ1v) is 12.3. The summed E-state index contributed by atoms with van der Waals surface area (Å²) in [5.74, 6) is 0.709. The third kappa shape index (κ3) is 4.92. The van der Waals surface area contributed by atoms with Crippen molar-refractivity contribution in [2.75, 3.05) is 26.0 Å². The van der Waals surface area contributed by atoms with Crippen LogP contribution in [0.25, 0.3) is 0 Å². The van der Waals surface area contributed by atoms with Crippen molar-refractivity contribution in [3.63, 3.8) is 0 Å². The molecule has 160 valence electrons. The van der Waals surface area contributed by atoms with E-state index in [1.807, 2.05) is 35.2 Å². The average molecular weight is 423 g/mol. The van der Waals surface area contributed by atoms with Crippen molar-refractivity contribution >= 4 is 15.9 Å². The van der Waals surface area contributed by atoms with Crippen LogP contribution < -0.4 is 4.74 Å². The summed E-state index contributed by atoms with van der Waals surface area (Å²) in [6.45, 7) is 1.41. The highest BCUT2D eigenvalue weighted by Gasteiger charge is 2.46. The van der Waals surface area contributed by atoms with Gasteiger partial charge in [0.2, 0.25) is 10.0 Å². The summed E-state index contributed by atoms with van der Waals surface area (Å²) in [5, 5.41) is 0. The minimum absolute atomic E-state index is 0.00630. The fourth-order valence-corrected chi connectivity index (χ4v) is 6.47. The van der Waals surface area contributed by atoms with E-state index in [1.54, 1.807) is 4.31 Å². The molecule has 0 aromatic heterocycles. The Labute approximate surface area is 173 Å². The van der Waals surface area contributed by atoms with Crippen LogP contribution in [0.3, 0.4) is 0 Å². The molecule has 3 heterocycles. The molecule has 1 unspecified atom stereocenters. The molecule has 0 spiro atoms. The molecule has 1 amide bonds. The predicted molar refractivity (Wildman–Crippen MR) is 109 cm³/mol. The van der Waals surface area contributed by atoms with E-state index < -0.39 is 10.0 Å². The number of piperidine rings is 2. The van der Waals surface area contributed by atoms with Gasteiger partial charge in [0.15, 0.2) is 6.61 Å². The highest BCUT2D eigenvalue weighted by Crippen LogP contribution is 2.39. The van der Waals surface area contributed by atoms with E-state index in [0.717, 1.165) is 38.5 Å². The topological polar surface area (TPSA) is 76.2 Å². The quantitative estimate of drug-likeness (QED) is 0.701. The predicted octanol–water partition coefficient (Wildman–Crippen LogP) is 2.03. The van der Waals surface area contributed by atoms with Crippen LogP contribution in [0.4, 0.5) is 0 Å². The van der Waals surface area contributed by atoms with Crippen LogP contribution in [-0.2, 0) is 19.6 Å². The fourth-order valence-electron chi connectivity index (χ4n) is 5.00. The number of carbonyl (C=O) groups excluding carboxylic acids is 1. The molecule has 0 N–H and O–H groups in total. The number of ether oxygens (including phenoxy) is 2. The third-order valence-electron chi connectivity index (χ3n) is 6.29. The molecular weight excluding hydrogens is 392 g/mol. The number of amides is 1. The Balaban J connectivity index is 1.21. The molecule has 3 atom stereocenters. The minimum Gasteiger partial charge on any atom is -0.484 e. The average Bonchev–Trinajstić information content (AvgIpc) is 3.00. The molecule has 2 bridgehead atoms. The first-order valence-electron chi connectivity index (χ1n) is 10.5. The van der Waals surface area contributed by atoms with Gasteiger partial charge in [0.1, 0.15) is 5.75 Å². The highest BCUT2D eigenvalue weighted by molar-refractivity contribution is 7.88. The van der Waals surface area contributed by atoms with Gasteiger partial charge in [-0.25, -0.2) is 8.42 Å². The van der Waals surface area contributed by atoms with Gasteiger partial charge in [-0.3, -0.25) is 4.79 Å². The third-order valence-corrected chi connectivity index (χ3v) is 7.65. The van der Waals surface area contributed by atoms with Gasteiger partial charge in [-0.15, -0.1) is 0 Å². The van der Waals surface area contributed by atoms with E-state index in [0.29, 0.717) is 18.8 Å². The van der Waals surface area contributed by atoms with Crippen molar-refractivity contribution < 1.29 is 22.7 Å². The number of hydrogen-bond acceptors (Lipinski definition) is 5. The Morgan fingerprint density at radius 3 is 2.21 bits per heavy atom. The highest BCUT2D eigenvalue weighted by atomic mass is 32.2. The normalized spacial score (nSPS) is 28.4. The fraction of sp³-hybridized carbons (Fsp3) is 0.667. The van der Waals surface area contributed by atoms with E-state index in [4.69, 9.17) is 9.47 Å². The lowest BCUT2D eigenvalue weighted by atomic mass is 10.0. The Morgan fingerprint density at radius 2 is 1.62 bits per heavy atom. The molecule has 3 fully saturated rings. The van der Waals surface area contributed by atoms with Crippen LogP contribution in [0.2, 0.25) is 0 Å². The van der Waals surface area contributed by atoms with Gasteiger partial charge in [-0.1, -0.05) is 18.2 Å². The zero-order chi connectivity index (χ0) is 20.4. The monoisotopic (exact) mass is 422 g/mol. The molecule has 7 nitrogen and oxygen atoms in total. The molecule has 0 saturated carbocycles. The summed E-state index contributed by atoms with van der Waals surface area (Å²) < 4.78 is 37.7. The molecule has 0 radical (unpaired) electrons. The van der Waals surface area contributed by atoms with Crippen molar-refractivity contribution in [3.8, 4) is 5.75 Å². The first-order chi connectivity index (χ1) is 13.9. The van der Waals surface area contributed by atoms with Crippen LogP contribution in [-0.4, -0.2) is 73.8 Å². The van der Waals surface area contributed by atoms with Gasteiger partial charge in [-0.05, 0) is 50.7 Å². The van der Waals surface area contributed by atoms with Gasteiger partial charge < -0.3 is 14.4 Å². The van der Waals surface area contributed by atoms with Gasteiger partial charge in [0.05, 0.1) is 18.5 Å². The lowest BCUT2D eigenvalue weighted by Gasteiger charge is -2.40.